The molecule has 0 aliphatic heterocycles. The van der Waals surface area contributed by atoms with Gasteiger partial charge in [0.2, 0.25) is 0 Å². The predicted molar refractivity (Wildman–Crippen MR) is 69.5 cm³/mol. The molecule has 0 aliphatic rings. The van der Waals surface area contributed by atoms with Crippen LogP contribution >= 0.6 is 11.3 Å². The Labute approximate surface area is 92.3 Å². The van der Waals surface area contributed by atoms with Crippen molar-refractivity contribution in [2.45, 2.75) is 24.2 Å². The van der Waals surface area contributed by atoms with E-state index in [4.69, 9.17) is 0 Å². The average Bonchev–Trinajstić information content (AvgIpc) is 2.41. The van der Waals surface area contributed by atoms with Crippen LogP contribution in [0.5, 0.6) is 0 Å². The SMILES string of the molecule is Cc1cc2[c]([Ge]([CH3])([CH3])[CH3])cccc2s1. The molecule has 0 fully saturated rings. The number of benzene rings is 1. The Bertz CT molecular complexity index is 463. The zero-order chi connectivity index (χ0) is 10.3. The minimum absolute atomic E-state index is 1.43. The van der Waals surface area contributed by atoms with Gasteiger partial charge in [0.15, 0.2) is 0 Å². The number of fused-ring (bicyclic) bond motifs is 1. The molecule has 0 nitrogen and oxygen atoms in total. The molecule has 14 heavy (non-hydrogen) atoms. The topological polar surface area (TPSA) is 0 Å². The molecule has 2 aromatic rings. The van der Waals surface area contributed by atoms with Gasteiger partial charge in [-0.3, -0.25) is 0 Å². The summed E-state index contributed by atoms with van der Waals surface area (Å²) >= 11 is 0.237. The second-order valence-corrected chi connectivity index (χ2v) is 16.7. The van der Waals surface area contributed by atoms with E-state index < -0.39 is 13.3 Å². The summed E-state index contributed by atoms with van der Waals surface area (Å²) in [6.07, 6.45) is 0. The van der Waals surface area contributed by atoms with Crippen molar-refractivity contribution in [2.75, 3.05) is 0 Å². The van der Waals surface area contributed by atoms with Crippen LogP contribution in [0, 0.1) is 6.92 Å². The van der Waals surface area contributed by atoms with Crippen LogP contribution < -0.4 is 4.40 Å². The Kier molecular flexibility index (Phi) is 2.48. The van der Waals surface area contributed by atoms with Crippen molar-refractivity contribution in [3.63, 3.8) is 0 Å². The molecule has 2 rings (SSSR count). The van der Waals surface area contributed by atoms with Gasteiger partial charge >= 0.3 is 92.4 Å². The Hall–Kier alpha value is -0.277. The van der Waals surface area contributed by atoms with Crippen LogP contribution in [-0.2, 0) is 0 Å². The molecule has 2 heteroatoms. The molecule has 0 N–H and O–H groups in total. The maximum atomic E-state index is 2.46. The van der Waals surface area contributed by atoms with Gasteiger partial charge in [-0.05, 0) is 0 Å². The summed E-state index contributed by atoms with van der Waals surface area (Å²) in [4.78, 5) is 1.43. The van der Waals surface area contributed by atoms with Crippen LogP contribution in [0.2, 0.25) is 17.3 Å². The molecule has 1 aromatic heterocycles. The van der Waals surface area contributed by atoms with Gasteiger partial charge in [-0.25, -0.2) is 0 Å². The standard InChI is InChI=1S/C12H16GeS/c1-9-8-10-11(13(2,3)4)6-5-7-12(10)14-9/h5-8H,1-4H3. The van der Waals surface area contributed by atoms with Crippen molar-refractivity contribution in [1.82, 2.24) is 0 Å². The average molecular weight is 265 g/mol. The van der Waals surface area contributed by atoms with Gasteiger partial charge in [0.1, 0.15) is 0 Å². The molecule has 1 heterocycles. The molecule has 1 aromatic carbocycles. The molecule has 0 amide bonds. The third-order valence-corrected chi connectivity index (χ3v) is 7.81. The second kappa shape index (κ2) is 3.39. The number of aryl methyl sites for hydroxylation is 1. The monoisotopic (exact) mass is 266 g/mol. The molecule has 0 aliphatic carbocycles. The molecule has 0 radical (unpaired) electrons. The molecular weight excluding hydrogens is 249 g/mol. The molecule has 0 spiro atoms. The first-order valence-corrected chi connectivity index (χ1v) is 13.1. The van der Waals surface area contributed by atoms with Gasteiger partial charge in [0, 0.05) is 0 Å². The molecular formula is C12H16GeS. The van der Waals surface area contributed by atoms with E-state index in [9.17, 15) is 0 Å². The molecule has 0 unspecified atom stereocenters. The van der Waals surface area contributed by atoms with E-state index in [0.717, 1.165) is 0 Å². The first-order valence-electron chi connectivity index (χ1n) is 4.98. The summed E-state index contributed by atoms with van der Waals surface area (Å²) < 4.78 is 3.10. The zero-order valence-corrected chi connectivity index (χ0v) is 12.1. The van der Waals surface area contributed by atoms with E-state index in [1.165, 1.54) is 15.0 Å². The van der Waals surface area contributed by atoms with Crippen LogP contribution in [0.4, 0.5) is 0 Å². The van der Waals surface area contributed by atoms with E-state index in [0.29, 0.717) is 0 Å². The molecule has 0 saturated carbocycles. The van der Waals surface area contributed by atoms with Gasteiger partial charge in [0.05, 0.1) is 0 Å². The van der Waals surface area contributed by atoms with E-state index >= 15 is 0 Å². The third-order valence-electron chi connectivity index (χ3n) is 2.49. The minimum atomic E-state index is -1.68. The number of thiophene rings is 1. The van der Waals surface area contributed by atoms with Crippen LogP contribution in [0.1, 0.15) is 4.88 Å². The molecule has 0 saturated heterocycles. The zero-order valence-electron chi connectivity index (χ0n) is 9.22. The van der Waals surface area contributed by atoms with E-state index in [1.807, 2.05) is 11.3 Å². The van der Waals surface area contributed by atoms with E-state index in [2.05, 4.69) is 48.5 Å². The van der Waals surface area contributed by atoms with Gasteiger partial charge in [-0.1, -0.05) is 0 Å². The first-order chi connectivity index (χ1) is 6.48. The van der Waals surface area contributed by atoms with Gasteiger partial charge in [0.25, 0.3) is 0 Å². The Morgan fingerprint density at radius 2 is 1.86 bits per heavy atom. The van der Waals surface area contributed by atoms with Crippen molar-refractivity contribution in [3.05, 3.63) is 29.1 Å². The summed E-state index contributed by atoms with van der Waals surface area (Å²) in [5.41, 5.74) is 0. The maximum absolute atomic E-state index is 2.46. The summed E-state index contributed by atoms with van der Waals surface area (Å²) in [5, 5.41) is 1.52. The Balaban J connectivity index is 2.77. The fourth-order valence-corrected chi connectivity index (χ4v) is 6.36. The second-order valence-electron chi connectivity index (χ2n) is 4.82. The van der Waals surface area contributed by atoms with Gasteiger partial charge < -0.3 is 0 Å². The summed E-state index contributed by atoms with van der Waals surface area (Å²) in [5.74, 6) is 7.38. The number of hydrogen-bond donors (Lipinski definition) is 0. The molecule has 74 valence electrons. The predicted octanol–water partition coefficient (Wildman–Crippen LogP) is 3.75. The fourth-order valence-electron chi connectivity index (χ4n) is 1.84. The van der Waals surface area contributed by atoms with Crippen molar-refractivity contribution in [3.8, 4) is 0 Å². The Morgan fingerprint density at radius 1 is 1.14 bits per heavy atom. The summed E-state index contributed by atoms with van der Waals surface area (Å²) in [6.45, 7) is 2.20. The van der Waals surface area contributed by atoms with Crippen molar-refractivity contribution in [1.29, 1.82) is 0 Å². The normalized spacial score (nSPS) is 12.3. The van der Waals surface area contributed by atoms with Crippen molar-refractivity contribution >= 4 is 39.1 Å². The fraction of sp³-hybridized carbons (Fsp3) is 0.333. The molecule has 0 bridgehead atoms. The Morgan fingerprint density at radius 3 is 2.50 bits per heavy atom. The van der Waals surface area contributed by atoms with Crippen LogP contribution in [0.15, 0.2) is 24.3 Å². The van der Waals surface area contributed by atoms with Crippen LogP contribution in [0.25, 0.3) is 10.1 Å². The van der Waals surface area contributed by atoms with E-state index in [-0.39, 0.29) is 0 Å². The summed E-state index contributed by atoms with van der Waals surface area (Å²) in [6, 6.07) is 9.13. The first kappa shape index (κ1) is 10.2. The van der Waals surface area contributed by atoms with Gasteiger partial charge in [-0.15, -0.1) is 0 Å². The number of rotatable bonds is 1. The third kappa shape index (κ3) is 1.75. The number of hydrogen-bond acceptors (Lipinski definition) is 1. The quantitative estimate of drug-likeness (QED) is 0.688. The van der Waals surface area contributed by atoms with Crippen molar-refractivity contribution in [2.24, 2.45) is 0 Å². The van der Waals surface area contributed by atoms with E-state index in [1.54, 1.807) is 4.40 Å². The molecule has 0 atom stereocenters. The van der Waals surface area contributed by atoms with Crippen LogP contribution in [0.3, 0.4) is 0 Å². The van der Waals surface area contributed by atoms with Gasteiger partial charge in [-0.2, -0.15) is 0 Å². The summed E-state index contributed by atoms with van der Waals surface area (Å²) in [7, 11) is 0. The van der Waals surface area contributed by atoms with Crippen molar-refractivity contribution < 1.29 is 0 Å². The van der Waals surface area contributed by atoms with Crippen LogP contribution in [-0.4, -0.2) is 13.3 Å².